The summed E-state index contributed by atoms with van der Waals surface area (Å²) in [7, 11) is 0. The highest BCUT2D eigenvalue weighted by molar-refractivity contribution is 6.30. The molecule has 0 radical (unpaired) electrons. The number of aromatic nitrogens is 1. The fourth-order valence-corrected chi connectivity index (χ4v) is 2.51. The number of hydrogen-bond acceptors (Lipinski definition) is 2. The highest BCUT2D eigenvalue weighted by atomic mass is 35.5. The van der Waals surface area contributed by atoms with Gasteiger partial charge in [-0.3, -0.25) is 14.2 Å². The van der Waals surface area contributed by atoms with Crippen LogP contribution in [0.15, 0.2) is 71.7 Å². The lowest BCUT2D eigenvalue weighted by molar-refractivity contribution is -0.115. The normalized spacial score (nSPS) is 10.5. The van der Waals surface area contributed by atoms with E-state index in [1.807, 2.05) is 0 Å². The van der Waals surface area contributed by atoms with Crippen molar-refractivity contribution in [2.45, 2.75) is 6.42 Å². The molecule has 0 aliphatic heterocycles. The van der Waals surface area contributed by atoms with Crippen LogP contribution in [-0.2, 0) is 11.2 Å². The number of hydrogen-bond donors (Lipinski definition) is 1. The number of carbonyl (C=O) groups excluding carboxylic acids is 1. The highest BCUT2D eigenvalue weighted by Gasteiger charge is 2.07. The molecular formula is C19H14ClFN2O2. The lowest BCUT2D eigenvalue weighted by atomic mass is 10.1. The zero-order valence-electron chi connectivity index (χ0n) is 13.1. The molecule has 0 saturated heterocycles. The van der Waals surface area contributed by atoms with Crippen LogP contribution in [0.1, 0.15) is 5.56 Å². The third kappa shape index (κ3) is 4.33. The van der Waals surface area contributed by atoms with Crippen molar-refractivity contribution in [3.63, 3.8) is 0 Å². The summed E-state index contributed by atoms with van der Waals surface area (Å²) in [6, 6.07) is 15.5. The zero-order valence-corrected chi connectivity index (χ0v) is 13.8. The summed E-state index contributed by atoms with van der Waals surface area (Å²) in [5.74, 6) is -0.673. The Morgan fingerprint density at radius 1 is 1.08 bits per heavy atom. The molecule has 0 aliphatic rings. The van der Waals surface area contributed by atoms with Crippen molar-refractivity contribution in [2.75, 3.05) is 5.32 Å². The third-order valence-electron chi connectivity index (χ3n) is 3.56. The third-order valence-corrected chi connectivity index (χ3v) is 3.81. The van der Waals surface area contributed by atoms with Crippen LogP contribution >= 0.6 is 11.6 Å². The molecule has 0 aliphatic carbocycles. The van der Waals surface area contributed by atoms with Crippen molar-refractivity contribution in [2.24, 2.45) is 0 Å². The van der Waals surface area contributed by atoms with Crippen LogP contribution in [0, 0.1) is 5.82 Å². The minimum atomic E-state index is -0.443. The van der Waals surface area contributed by atoms with Gasteiger partial charge in [-0.2, -0.15) is 0 Å². The quantitative estimate of drug-likeness (QED) is 0.772. The maximum absolute atomic E-state index is 13.4. The Morgan fingerprint density at radius 3 is 2.56 bits per heavy atom. The van der Waals surface area contributed by atoms with Gasteiger partial charge in [-0.1, -0.05) is 29.8 Å². The molecule has 6 heteroatoms. The molecule has 3 rings (SSSR count). The van der Waals surface area contributed by atoms with E-state index in [-0.39, 0.29) is 17.9 Å². The molecule has 1 heterocycles. The fraction of sp³-hybridized carbons (Fsp3) is 0.0526. The Hall–Kier alpha value is -2.92. The standard InChI is InChI=1S/C19H14ClFN2O2/c20-14-6-4-13(5-7-14)10-18(24)22-16-8-9-19(25)23(12-16)17-3-1-2-15(21)11-17/h1-9,11-12H,10H2,(H,22,24). The summed E-state index contributed by atoms with van der Waals surface area (Å²) < 4.78 is 14.7. The number of rotatable bonds is 4. The van der Waals surface area contributed by atoms with Crippen molar-refractivity contribution >= 4 is 23.2 Å². The van der Waals surface area contributed by atoms with E-state index in [2.05, 4.69) is 5.32 Å². The highest BCUT2D eigenvalue weighted by Crippen LogP contribution is 2.13. The largest absolute Gasteiger partial charge is 0.324 e. The lowest BCUT2D eigenvalue weighted by Gasteiger charge is -2.10. The van der Waals surface area contributed by atoms with Crippen LogP contribution in [0.4, 0.5) is 10.1 Å². The molecule has 1 N–H and O–H groups in total. The molecule has 25 heavy (non-hydrogen) atoms. The van der Waals surface area contributed by atoms with E-state index in [4.69, 9.17) is 11.6 Å². The van der Waals surface area contributed by atoms with Gasteiger partial charge in [0.25, 0.3) is 5.56 Å². The van der Waals surface area contributed by atoms with Gasteiger partial charge in [-0.25, -0.2) is 4.39 Å². The van der Waals surface area contributed by atoms with E-state index in [0.29, 0.717) is 16.4 Å². The number of halogens is 2. The molecule has 1 aromatic heterocycles. The number of benzene rings is 2. The van der Waals surface area contributed by atoms with Crippen molar-refractivity contribution in [3.8, 4) is 5.69 Å². The minimum absolute atomic E-state index is 0.177. The second-order valence-corrected chi connectivity index (χ2v) is 5.89. The van der Waals surface area contributed by atoms with Gasteiger partial charge in [0.05, 0.1) is 17.8 Å². The molecule has 126 valence electrons. The van der Waals surface area contributed by atoms with Crippen LogP contribution in [0.5, 0.6) is 0 Å². The Labute approximate surface area is 148 Å². The van der Waals surface area contributed by atoms with Gasteiger partial charge in [0.2, 0.25) is 5.91 Å². The van der Waals surface area contributed by atoms with Gasteiger partial charge in [0.15, 0.2) is 0 Å². The second-order valence-electron chi connectivity index (χ2n) is 5.46. The molecule has 1 amide bonds. The smallest absolute Gasteiger partial charge is 0.255 e. The predicted molar refractivity (Wildman–Crippen MR) is 95.8 cm³/mol. The molecule has 3 aromatic rings. The Bertz CT molecular complexity index is 968. The number of nitrogens with one attached hydrogen (secondary N) is 1. The van der Waals surface area contributed by atoms with Crippen LogP contribution in [0.2, 0.25) is 5.02 Å². The van der Waals surface area contributed by atoms with Gasteiger partial charge in [0.1, 0.15) is 5.82 Å². The summed E-state index contributed by atoms with van der Waals surface area (Å²) in [6.07, 6.45) is 1.65. The van der Waals surface area contributed by atoms with Crippen LogP contribution in [0.25, 0.3) is 5.69 Å². The average Bonchev–Trinajstić information content (AvgIpc) is 2.58. The first-order valence-electron chi connectivity index (χ1n) is 7.54. The summed E-state index contributed by atoms with van der Waals surface area (Å²) >= 11 is 5.82. The van der Waals surface area contributed by atoms with E-state index >= 15 is 0 Å². The van der Waals surface area contributed by atoms with Gasteiger partial charge >= 0.3 is 0 Å². The monoisotopic (exact) mass is 356 g/mol. The first-order valence-corrected chi connectivity index (χ1v) is 7.92. The minimum Gasteiger partial charge on any atom is -0.324 e. The zero-order chi connectivity index (χ0) is 17.8. The Morgan fingerprint density at radius 2 is 1.84 bits per heavy atom. The maximum atomic E-state index is 13.4. The molecule has 0 bridgehead atoms. The van der Waals surface area contributed by atoms with Crippen molar-refractivity contribution in [3.05, 3.63) is 93.6 Å². The van der Waals surface area contributed by atoms with E-state index in [1.165, 1.54) is 41.1 Å². The van der Waals surface area contributed by atoms with E-state index in [1.54, 1.807) is 30.3 Å². The fourth-order valence-electron chi connectivity index (χ4n) is 2.38. The van der Waals surface area contributed by atoms with Crippen LogP contribution in [0.3, 0.4) is 0 Å². The SMILES string of the molecule is O=C(Cc1ccc(Cl)cc1)Nc1ccc(=O)n(-c2cccc(F)c2)c1. The molecular weight excluding hydrogens is 343 g/mol. The van der Waals surface area contributed by atoms with Gasteiger partial charge in [-0.05, 0) is 42.0 Å². The van der Waals surface area contributed by atoms with E-state index < -0.39 is 5.82 Å². The van der Waals surface area contributed by atoms with Crippen molar-refractivity contribution < 1.29 is 9.18 Å². The van der Waals surface area contributed by atoms with E-state index in [0.717, 1.165) is 5.56 Å². The molecule has 2 aromatic carbocycles. The maximum Gasteiger partial charge on any atom is 0.255 e. The van der Waals surface area contributed by atoms with Crippen molar-refractivity contribution in [1.82, 2.24) is 4.57 Å². The average molecular weight is 357 g/mol. The lowest BCUT2D eigenvalue weighted by Crippen LogP contribution is -2.20. The molecule has 0 atom stereocenters. The summed E-state index contributed by atoms with van der Waals surface area (Å²) in [5, 5.41) is 3.33. The first kappa shape index (κ1) is 16.9. The van der Waals surface area contributed by atoms with Gasteiger partial charge < -0.3 is 5.32 Å². The Balaban J connectivity index is 1.79. The van der Waals surface area contributed by atoms with E-state index in [9.17, 15) is 14.0 Å². The summed E-state index contributed by atoms with van der Waals surface area (Å²) in [5.41, 5.74) is 1.34. The number of nitrogens with zero attached hydrogens (tertiary/aromatic N) is 1. The molecule has 0 saturated carbocycles. The first-order chi connectivity index (χ1) is 12.0. The molecule has 0 fully saturated rings. The summed E-state index contributed by atoms with van der Waals surface area (Å²) in [4.78, 5) is 24.2. The molecule has 0 unspecified atom stereocenters. The number of amides is 1. The number of anilines is 1. The molecule has 0 spiro atoms. The van der Waals surface area contributed by atoms with Crippen LogP contribution in [-0.4, -0.2) is 10.5 Å². The summed E-state index contributed by atoms with van der Waals surface area (Å²) in [6.45, 7) is 0. The predicted octanol–water partition coefficient (Wildman–Crippen LogP) is 3.81. The van der Waals surface area contributed by atoms with Gasteiger partial charge in [0, 0.05) is 17.3 Å². The topological polar surface area (TPSA) is 51.1 Å². The van der Waals surface area contributed by atoms with Gasteiger partial charge in [-0.15, -0.1) is 0 Å². The van der Waals surface area contributed by atoms with Crippen molar-refractivity contribution in [1.29, 1.82) is 0 Å². The second kappa shape index (κ2) is 7.32. The number of carbonyl (C=O) groups is 1. The number of pyridine rings is 1. The van der Waals surface area contributed by atoms with Crippen LogP contribution < -0.4 is 10.9 Å². The Kier molecular flexibility index (Phi) is 4.95. The molecule has 4 nitrogen and oxygen atoms in total.